The second-order valence-electron chi connectivity index (χ2n) is 4.36. The van der Waals surface area contributed by atoms with E-state index in [9.17, 15) is 4.79 Å². The van der Waals surface area contributed by atoms with Crippen LogP contribution in [0.5, 0.6) is 0 Å². The Morgan fingerprint density at radius 3 is 2.72 bits per heavy atom. The largest absolute Gasteiger partial charge is 0.324 e. The fourth-order valence-corrected chi connectivity index (χ4v) is 1.66. The Bertz CT molecular complexity index is 382. The van der Waals surface area contributed by atoms with E-state index in [0.717, 1.165) is 19.5 Å². The molecule has 4 nitrogen and oxygen atoms in total. The van der Waals surface area contributed by atoms with E-state index in [4.69, 9.17) is 11.6 Å². The van der Waals surface area contributed by atoms with E-state index in [1.165, 1.54) is 0 Å². The Balaban J connectivity index is 2.20. The van der Waals surface area contributed by atoms with E-state index in [1.54, 1.807) is 12.1 Å². The minimum atomic E-state index is -0.0760. The lowest BCUT2D eigenvalue weighted by molar-refractivity contribution is -0.115. The molecule has 0 aliphatic carbocycles. The number of para-hydroxylation sites is 1. The molecule has 0 atom stereocenters. The number of nitrogens with one attached hydrogen (secondary N) is 2. The summed E-state index contributed by atoms with van der Waals surface area (Å²) in [7, 11) is 4.06. The molecule has 0 saturated heterocycles. The molecule has 0 fully saturated rings. The van der Waals surface area contributed by atoms with Crippen molar-refractivity contribution >= 4 is 23.2 Å². The second kappa shape index (κ2) is 8.08. The smallest absolute Gasteiger partial charge is 0.238 e. The van der Waals surface area contributed by atoms with E-state index in [2.05, 4.69) is 15.5 Å². The van der Waals surface area contributed by atoms with Crippen molar-refractivity contribution in [1.29, 1.82) is 0 Å². The predicted molar refractivity (Wildman–Crippen MR) is 76.1 cm³/mol. The summed E-state index contributed by atoms with van der Waals surface area (Å²) in [5, 5.41) is 6.42. The van der Waals surface area contributed by atoms with E-state index in [1.807, 2.05) is 26.2 Å². The first kappa shape index (κ1) is 15.0. The van der Waals surface area contributed by atoms with Crippen LogP contribution in [0.25, 0.3) is 0 Å². The maximum absolute atomic E-state index is 11.6. The van der Waals surface area contributed by atoms with Crippen LogP contribution in [-0.2, 0) is 4.79 Å². The Hall–Kier alpha value is -1.10. The van der Waals surface area contributed by atoms with Gasteiger partial charge in [-0.05, 0) is 45.7 Å². The summed E-state index contributed by atoms with van der Waals surface area (Å²) in [6.45, 7) is 2.14. The maximum Gasteiger partial charge on any atom is 0.238 e. The second-order valence-corrected chi connectivity index (χ2v) is 4.77. The van der Waals surface area contributed by atoms with Crippen molar-refractivity contribution in [1.82, 2.24) is 10.2 Å². The number of halogens is 1. The molecule has 1 aromatic rings. The Morgan fingerprint density at radius 1 is 1.33 bits per heavy atom. The van der Waals surface area contributed by atoms with Crippen LogP contribution in [0.2, 0.25) is 5.02 Å². The molecule has 0 spiro atoms. The number of anilines is 1. The van der Waals surface area contributed by atoms with E-state index < -0.39 is 0 Å². The molecule has 1 rings (SSSR count). The van der Waals surface area contributed by atoms with Crippen molar-refractivity contribution in [3.8, 4) is 0 Å². The molecule has 2 N–H and O–H groups in total. The van der Waals surface area contributed by atoms with Crippen molar-refractivity contribution in [3.63, 3.8) is 0 Å². The monoisotopic (exact) mass is 269 g/mol. The fourth-order valence-electron chi connectivity index (χ4n) is 1.48. The summed E-state index contributed by atoms with van der Waals surface area (Å²) in [5.41, 5.74) is 0.652. The zero-order valence-electron chi connectivity index (χ0n) is 10.9. The Morgan fingerprint density at radius 2 is 2.06 bits per heavy atom. The minimum absolute atomic E-state index is 0.0760. The lowest BCUT2D eigenvalue weighted by atomic mass is 10.3. The summed E-state index contributed by atoms with van der Waals surface area (Å²) in [5.74, 6) is -0.0760. The highest BCUT2D eigenvalue weighted by atomic mass is 35.5. The van der Waals surface area contributed by atoms with Crippen molar-refractivity contribution in [2.75, 3.05) is 39.0 Å². The highest BCUT2D eigenvalue weighted by Crippen LogP contribution is 2.19. The first-order valence-electron chi connectivity index (χ1n) is 5.99. The fraction of sp³-hybridized carbons (Fsp3) is 0.462. The van der Waals surface area contributed by atoms with E-state index in [-0.39, 0.29) is 5.91 Å². The average molecular weight is 270 g/mol. The molecule has 0 heterocycles. The van der Waals surface area contributed by atoms with Gasteiger partial charge in [-0.1, -0.05) is 23.7 Å². The van der Waals surface area contributed by atoms with E-state index in [0.29, 0.717) is 17.3 Å². The van der Waals surface area contributed by atoms with Crippen LogP contribution >= 0.6 is 11.6 Å². The van der Waals surface area contributed by atoms with Crippen molar-refractivity contribution in [3.05, 3.63) is 29.3 Å². The van der Waals surface area contributed by atoms with Gasteiger partial charge in [0.15, 0.2) is 0 Å². The normalized spacial score (nSPS) is 10.7. The highest BCUT2D eigenvalue weighted by molar-refractivity contribution is 6.33. The number of nitrogens with zero attached hydrogens (tertiary/aromatic N) is 1. The number of carbonyl (C=O) groups is 1. The minimum Gasteiger partial charge on any atom is -0.324 e. The van der Waals surface area contributed by atoms with Crippen LogP contribution in [0.3, 0.4) is 0 Å². The number of carbonyl (C=O) groups excluding carboxylic acids is 1. The summed E-state index contributed by atoms with van der Waals surface area (Å²) >= 11 is 5.95. The molecule has 0 saturated carbocycles. The SMILES string of the molecule is CN(C)CCCNCC(=O)Nc1ccccc1Cl. The summed E-state index contributed by atoms with van der Waals surface area (Å²) in [4.78, 5) is 13.7. The van der Waals surface area contributed by atoms with Gasteiger partial charge in [-0.15, -0.1) is 0 Å². The van der Waals surface area contributed by atoms with Crippen molar-refractivity contribution in [2.45, 2.75) is 6.42 Å². The van der Waals surface area contributed by atoms with Crippen LogP contribution in [0.4, 0.5) is 5.69 Å². The van der Waals surface area contributed by atoms with Gasteiger partial charge in [0.1, 0.15) is 0 Å². The number of benzene rings is 1. The van der Waals surface area contributed by atoms with E-state index >= 15 is 0 Å². The average Bonchev–Trinajstić information content (AvgIpc) is 2.31. The molecule has 0 aliphatic rings. The van der Waals surface area contributed by atoms with Gasteiger partial charge in [0.05, 0.1) is 17.3 Å². The third-order valence-corrected chi connectivity index (χ3v) is 2.72. The molecular weight excluding hydrogens is 250 g/mol. The van der Waals surface area contributed by atoms with Gasteiger partial charge in [-0.2, -0.15) is 0 Å². The summed E-state index contributed by atoms with van der Waals surface area (Å²) < 4.78 is 0. The lowest BCUT2D eigenvalue weighted by Gasteiger charge is -2.10. The molecule has 18 heavy (non-hydrogen) atoms. The predicted octanol–water partition coefficient (Wildman–Crippen LogP) is 1.82. The molecule has 1 aromatic carbocycles. The first-order valence-corrected chi connectivity index (χ1v) is 6.37. The molecule has 0 radical (unpaired) electrons. The Kier molecular flexibility index (Phi) is 6.72. The standard InChI is InChI=1S/C13H20ClN3O/c1-17(2)9-5-8-15-10-13(18)16-12-7-4-3-6-11(12)14/h3-4,6-7,15H,5,8-10H2,1-2H3,(H,16,18). The van der Waals surface area contributed by atoms with Gasteiger partial charge in [0, 0.05) is 0 Å². The third kappa shape index (κ3) is 6.00. The van der Waals surface area contributed by atoms with Gasteiger partial charge in [-0.25, -0.2) is 0 Å². The summed E-state index contributed by atoms with van der Waals surface area (Å²) in [6, 6.07) is 7.21. The molecule has 0 bridgehead atoms. The highest BCUT2D eigenvalue weighted by Gasteiger charge is 2.04. The molecule has 1 amide bonds. The van der Waals surface area contributed by atoms with Gasteiger partial charge >= 0.3 is 0 Å². The van der Waals surface area contributed by atoms with Crippen LogP contribution in [-0.4, -0.2) is 44.5 Å². The maximum atomic E-state index is 11.6. The van der Waals surface area contributed by atoms with Crippen LogP contribution < -0.4 is 10.6 Å². The summed E-state index contributed by atoms with van der Waals surface area (Å²) in [6.07, 6.45) is 1.02. The van der Waals surface area contributed by atoms with Crippen LogP contribution in [0.1, 0.15) is 6.42 Å². The van der Waals surface area contributed by atoms with Crippen molar-refractivity contribution in [2.24, 2.45) is 0 Å². The Labute approximate surface area is 113 Å². The van der Waals surface area contributed by atoms with Gasteiger partial charge in [0.25, 0.3) is 0 Å². The molecule has 100 valence electrons. The van der Waals surface area contributed by atoms with Gasteiger partial charge < -0.3 is 15.5 Å². The zero-order chi connectivity index (χ0) is 13.4. The number of amides is 1. The topological polar surface area (TPSA) is 44.4 Å². The third-order valence-electron chi connectivity index (χ3n) is 2.39. The van der Waals surface area contributed by atoms with Crippen molar-refractivity contribution < 1.29 is 4.79 Å². The molecule has 0 unspecified atom stereocenters. The lowest BCUT2D eigenvalue weighted by Crippen LogP contribution is -2.30. The molecule has 5 heteroatoms. The number of hydrogen-bond donors (Lipinski definition) is 2. The van der Waals surface area contributed by atoms with Gasteiger partial charge in [0.2, 0.25) is 5.91 Å². The van der Waals surface area contributed by atoms with Crippen LogP contribution in [0.15, 0.2) is 24.3 Å². The molecule has 0 aromatic heterocycles. The quantitative estimate of drug-likeness (QED) is 0.742. The molecule has 0 aliphatic heterocycles. The molecular formula is C13H20ClN3O. The zero-order valence-corrected chi connectivity index (χ0v) is 11.6. The first-order chi connectivity index (χ1) is 8.59. The van der Waals surface area contributed by atoms with Gasteiger partial charge in [-0.3, -0.25) is 4.79 Å². The van der Waals surface area contributed by atoms with Crippen LogP contribution in [0, 0.1) is 0 Å². The number of rotatable bonds is 7. The number of hydrogen-bond acceptors (Lipinski definition) is 3.